The number of amides is 1. The largest absolute Gasteiger partial charge is 0.361 e. The molecule has 94 valence electrons. The Balaban J connectivity index is 2.51. The van der Waals surface area contributed by atoms with Crippen molar-refractivity contribution in [2.75, 3.05) is 18.4 Å². The maximum absolute atomic E-state index is 11.4. The van der Waals surface area contributed by atoms with Gasteiger partial charge in [0, 0.05) is 18.3 Å². The molecule has 0 spiro atoms. The van der Waals surface area contributed by atoms with Gasteiger partial charge < -0.3 is 10.6 Å². The molecule has 0 aliphatic heterocycles. The van der Waals surface area contributed by atoms with Gasteiger partial charge in [0.15, 0.2) is 0 Å². The molecule has 17 heavy (non-hydrogen) atoms. The summed E-state index contributed by atoms with van der Waals surface area (Å²) in [7, 11) is 0. The second-order valence-corrected chi connectivity index (χ2v) is 3.85. The Morgan fingerprint density at radius 1 is 1.35 bits per heavy atom. The van der Waals surface area contributed by atoms with E-state index in [1.165, 1.54) is 0 Å². The predicted molar refractivity (Wildman–Crippen MR) is 67.9 cm³/mol. The zero-order chi connectivity index (χ0) is 12.7. The quantitative estimate of drug-likeness (QED) is 0.781. The normalized spacial score (nSPS) is 10.1. The first-order valence-corrected chi connectivity index (χ1v) is 6.00. The Bertz CT molecular complexity index is 379. The van der Waals surface area contributed by atoms with E-state index in [2.05, 4.69) is 20.6 Å². The van der Waals surface area contributed by atoms with Gasteiger partial charge in [-0.05, 0) is 19.8 Å². The molecule has 0 aliphatic rings. The lowest BCUT2D eigenvalue weighted by Gasteiger charge is -2.08. The molecule has 0 bridgehead atoms. The summed E-state index contributed by atoms with van der Waals surface area (Å²) in [4.78, 5) is 19.9. The highest BCUT2D eigenvalue weighted by atomic mass is 16.1. The molecule has 0 aromatic carbocycles. The molecule has 0 radical (unpaired) electrons. The average molecular weight is 236 g/mol. The average Bonchev–Trinajstić information content (AvgIpc) is 2.33. The fourth-order valence-electron chi connectivity index (χ4n) is 1.40. The van der Waals surface area contributed by atoms with Gasteiger partial charge in [0.2, 0.25) is 5.91 Å². The number of aromatic nitrogens is 2. The first kappa shape index (κ1) is 13.4. The van der Waals surface area contributed by atoms with Gasteiger partial charge in [-0.1, -0.05) is 13.8 Å². The summed E-state index contributed by atoms with van der Waals surface area (Å²) in [5.41, 5.74) is 0.981. The number of carbonyl (C=O) groups excluding carboxylic acids is 1. The molecule has 1 rings (SSSR count). The zero-order valence-electron chi connectivity index (χ0n) is 10.7. The molecule has 0 aliphatic carbocycles. The predicted octanol–water partition coefficient (Wildman–Crippen LogP) is 1.29. The minimum absolute atomic E-state index is 0.0128. The van der Waals surface area contributed by atoms with Crippen molar-refractivity contribution in [2.24, 2.45) is 0 Å². The van der Waals surface area contributed by atoms with Crippen LogP contribution in [0.2, 0.25) is 0 Å². The third-order valence-corrected chi connectivity index (χ3v) is 2.26. The molecule has 5 nitrogen and oxygen atoms in total. The van der Waals surface area contributed by atoms with Crippen molar-refractivity contribution in [3.63, 3.8) is 0 Å². The molecule has 1 aromatic heterocycles. The number of hydrogen-bond acceptors (Lipinski definition) is 4. The van der Waals surface area contributed by atoms with Crippen LogP contribution in [-0.2, 0) is 11.2 Å². The standard InChI is InChI=1S/C12H20N4O/c1-4-6-13-12(17)8-14-11-7-10(5-2)15-9(3)16-11/h7H,4-6,8H2,1-3H3,(H,13,17)(H,14,15,16). The number of nitrogens with zero attached hydrogens (tertiary/aromatic N) is 2. The van der Waals surface area contributed by atoms with Crippen LogP contribution in [0.5, 0.6) is 0 Å². The van der Waals surface area contributed by atoms with E-state index in [0.717, 1.165) is 24.4 Å². The minimum atomic E-state index is -0.0128. The lowest BCUT2D eigenvalue weighted by Crippen LogP contribution is -2.30. The van der Waals surface area contributed by atoms with Crippen LogP contribution in [0.3, 0.4) is 0 Å². The monoisotopic (exact) mass is 236 g/mol. The van der Waals surface area contributed by atoms with Crippen LogP contribution < -0.4 is 10.6 Å². The molecule has 0 saturated carbocycles. The van der Waals surface area contributed by atoms with Crippen LogP contribution >= 0.6 is 0 Å². The van der Waals surface area contributed by atoms with Crippen molar-refractivity contribution < 1.29 is 4.79 Å². The van der Waals surface area contributed by atoms with Gasteiger partial charge in [0.1, 0.15) is 11.6 Å². The maximum atomic E-state index is 11.4. The number of rotatable bonds is 6. The molecule has 1 amide bonds. The summed E-state index contributed by atoms with van der Waals surface area (Å²) in [5.74, 6) is 1.42. The van der Waals surface area contributed by atoms with E-state index in [-0.39, 0.29) is 12.5 Å². The summed E-state index contributed by atoms with van der Waals surface area (Å²) in [6.07, 6.45) is 1.80. The summed E-state index contributed by atoms with van der Waals surface area (Å²) in [6, 6.07) is 1.88. The van der Waals surface area contributed by atoms with E-state index < -0.39 is 0 Å². The fraction of sp³-hybridized carbons (Fsp3) is 0.583. The number of aryl methyl sites for hydroxylation is 2. The molecule has 2 N–H and O–H groups in total. The van der Waals surface area contributed by atoms with Crippen molar-refractivity contribution in [3.05, 3.63) is 17.6 Å². The lowest BCUT2D eigenvalue weighted by molar-refractivity contribution is -0.119. The SMILES string of the molecule is CCCNC(=O)CNc1cc(CC)nc(C)n1. The van der Waals surface area contributed by atoms with E-state index >= 15 is 0 Å². The molecular formula is C12H20N4O. The summed E-state index contributed by atoms with van der Waals surface area (Å²) in [6.45, 7) is 6.87. The van der Waals surface area contributed by atoms with Crippen molar-refractivity contribution in [1.29, 1.82) is 0 Å². The van der Waals surface area contributed by atoms with Crippen molar-refractivity contribution >= 4 is 11.7 Å². The molecular weight excluding hydrogens is 216 g/mol. The van der Waals surface area contributed by atoms with Crippen LogP contribution in [0.25, 0.3) is 0 Å². The van der Waals surface area contributed by atoms with Gasteiger partial charge in [-0.15, -0.1) is 0 Å². The van der Waals surface area contributed by atoms with Crippen molar-refractivity contribution in [1.82, 2.24) is 15.3 Å². The Labute approximate surface area is 102 Å². The molecule has 0 atom stereocenters. The van der Waals surface area contributed by atoms with E-state index in [9.17, 15) is 4.79 Å². The summed E-state index contributed by atoms with van der Waals surface area (Å²) in [5, 5.41) is 5.81. The number of nitrogens with one attached hydrogen (secondary N) is 2. The third-order valence-electron chi connectivity index (χ3n) is 2.26. The Kier molecular flexibility index (Phi) is 5.39. The van der Waals surface area contributed by atoms with Crippen molar-refractivity contribution in [2.45, 2.75) is 33.6 Å². The van der Waals surface area contributed by atoms with Gasteiger partial charge in [-0.25, -0.2) is 9.97 Å². The Hall–Kier alpha value is -1.65. The van der Waals surface area contributed by atoms with Crippen LogP contribution in [0.1, 0.15) is 31.8 Å². The summed E-state index contributed by atoms with van der Waals surface area (Å²) >= 11 is 0. The lowest BCUT2D eigenvalue weighted by atomic mass is 10.3. The van der Waals surface area contributed by atoms with Crippen LogP contribution in [0.15, 0.2) is 6.07 Å². The van der Waals surface area contributed by atoms with E-state index in [4.69, 9.17) is 0 Å². The summed E-state index contributed by atoms with van der Waals surface area (Å²) < 4.78 is 0. The van der Waals surface area contributed by atoms with Crippen molar-refractivity contribution in [3.8, 4) is 0 Å². The fourth-order valence-corrected chi connectivity index (χ4v) is 1.40. The smallest absolute Gasteiger partial charge is 0.239 e. The highest BCUT2D eigenvalue weighted by Gasteiger charge is 2.03. The Morgan fingerprint density at radius 3 is 2.76 bits per heavy atom. The molecule has 0 unspecified atom stereocenters. The van der Waals surface area contributed by atoms with Gasteiger partial charge >= 0.3 is 0 Å². The number of carbonyl (C=O) groups is 1. The van der Waals surface area contributed by atoms with Gasteiger partial charge in [-0.2, -0.15) is 0 Å². The molecule has 0 fully saturated rings. The highest BCUT2D eigenvalue weighted by Crippen LogP contribution is 2.06. The molecule has 1 heterocycles. The van der Waals surface area contributed by atoms with E-state index in [1.807, 2.05) is 26.8 Å². The first-order chi connectivity index (χ1) is 8.15. The number of anilines is 1. The van der Waals surface area contributed by atoms with Gasteiger partial charge in [0.25, 0.3) is 0 Å². The highest BCUT2D eigenvalue weighted by molar-refractivity contribution is 5.80. The van der Waals surface area contributed by atoms with Crippen LogP contribution in [0.4, 0.5) is 5.82 Å². The third kappa shape index (κ3) is 4.80. The number of hydrogen-bond donors (Lipinski definition) is 2. The Morgan fingerprint density at radius 2 is 2.12 bits per heavy atom. The van der Waals surface area contributed by atoms with Gasteiger partial charge in [-0.3, -0.25) is 4.79 Å². The maximum Gasteiger partial charge on any atom is 0.239 e. The first-order valence-electron chi connectivity index (χ1n) is 6.00. The topological polar surface area (TPSA) is 66.9 Å². The van der Waals surface area contributed by atoms with E-state index in [0.29, 0.717) is 12.4 Å². The molecule has 5 heteroatoms. The van der Waals surface area contributed by atoms with Gasteiger partial charge in [0.05, 0.1) is 6.54 Å². The van der Waals surface area contributed by atoms with Crippen LogP contribution in [0, 0.1) is 6.92 Å². The minimum Gasteiger partial charge on any atom is -0.361 e. The van der Waals surface area contributed by atoms with Crippen LogP contribution in [-0.4, -0.2) is 29.0 Å². The van der Waals surface area contributed by atoms with E-state index in [1.54, 1.807) is 0 Å². The second kappa shape index (κ2) is 6.83. The zero-order valence-corrected chi connectivity index (χ0v) is 10.7. The molecule has 1 aromatic rings. The second-order valence-electron chi connectivity index (χ2n) is 3.85. The molecule has 0 saturated heterocycles.